The zero-order chi connectivity index (χ0) is 85.4. The molecule has 4 rings (SSSR count). The number of benzene rings is 2. The first-order valence-electron chi connectivity index (χ1n) is 38.3. The Morgan fingerprint density at radius 2 is 1.19 bits per heavy atom. The highest BCUT2D eigenvalue weighted by atomic mass is 35.5. The van der Waals surface area contributed by atoms with E-state index in [9.17, 15) is 75.8 Å². The number of likely N-dealkylation sites (tertiary alicyclic amines) is 1. The number of esters is 1. The summed E-state index contributed by atoms with van der Waals surface area (Å²) in [5.74, 6) is -17.4. The molecule has 0 aromatic heterocycles. The fraction of sp³-hybridized carbons (Fsp3) is 0.615. The van der Waals surface area contributed by atoms with Crippen molar-refractivity contribution in [2.75, 3.05) is 13.1 Å². The van der Waals surface area contributed by atoms with Gasteiger partial charge in [-0.2, -0.15) is 13.2 Å². The van der Waals surface area contributed by atoms with Gasteiger partial charge in [-0.25, -0.2) is 4.79 Å². The number of carbonyl (C=O) groups is 14. The molecule has 2 heterocycles. The van der Waals surface area contributed by atoms with Crippen molar-refractivity contribution in [3.8, 4) is 0 Å². The lowest BCUT2D eigenvalue weighted by atomic mass is 9.95. The number of hydrogen-bond donors (Lipinski definition) is 14. The standard InChI is InChI=1S/C78H115Cl2F3N14O16/c1-18-42(14)61(73(108)96-64-45(17)113-77(112)60(41(12)13)92-65(100)51(20-3)85-67(102)53(36-47-27-31-49(79)50(80)35-47)87-69(104)57(38(6)7)89-72(107)62(43(15)19-2)94-75(64)110)93-66(101)52(23-21-33-84)86-68(103)54-24-22-34-97(54)76(111)59(40(10)11)91-71(106)58(39(8)9)90-74(109)63(44(16)98)95-70(105)56(37(4)5)88-55(99)32-28-46-25-29-48(30-26-46)78(81,82)83/h20,25-32,35,37-45,52-54,56-64,98H,18-19,21-24,33-34,36,84H2,1-17H3,(H,85,102)(H,86,103)(H,87,104)(H,88,99)(H,89,107)(H,90,109)(H,91,106)(H,92,100)(H,93,101)(H,94,110)(H,95,105)(H,96,108)/b32-28+,51-20-/t42-,43-,44+,45+,52-,53-,54+,56+,57+,58-,59+,60-,61+,62+,63-,64+/m0/s1. The third kappa shape index (κ3) is 28.1. The molecule has 0 unspecified atom stereocenters. The van der Waals surface area contributed by atoms with E-state index in [1.54, 1.807) is 103 Å². The molecule has 13 amide bonds. The molecule has 15 N–H and O–H groups in total. The summed E-state index contributed by atoms with van der Waals surface area (Å²) in [4.78, 5) is 203. The monoisotopic (exact) mass is 1630 g/mol. The highest BCUT2D eigenvalue weighted by molar-refractivity contribution is 6.42. The first kappa shape index (κ1) is 96.2. The van der Waals surface area contributed by atoms with Crippen LogP contribution in [0.15, 0.2) is 60.3 Å². The van der Waals surface area contributed by atoms with Crippen molar-refractivity contribution in [1.82, 2.24) is 68.7 Å². The number of nitrogens with two attached hydrogens (primary N) is 1. The van der Waals surface area contributed by atoms with E-state index < -0.39 is 221 Å². The number of carbonyl (C=O) groups excluding carboxylic acids is 14. The lowest BCUT2D eigenvalue weighted by molar-refractivity contribution is -0.157. The second-order valence-corrected chi connectivity index (χ2v) is 31.4. The molecule has 2 fully saturated rings. The van der Waals surface area contributed by atoms with Gasteiger partial charge in [-0.15, -0.1) is 0 Å². The Labute approximate surface area is 668 Å². The molecule has 2 aromatic rings. The van der Waals surface area contributed by atoms with E-state index in [1.807, 2.05) is 0 Å². The number of nitrogens with one attached hydrogen (secondary N) is 12. The Bertz CT molecular complexity index is 3770. The molecule has 628 valence electrons. The fourth-order valence-electron chi connectivity index (χ4n) is 12.4. The van der Waals surface area contributed by atoms with Gasteiger partial charge in [0.2, 0.25) is 70.9 Å². The molecule has 113 heavy (non-hydrogen) atoms. The van der Waals surface area contributed by atoms with Crippen LogP contribution in [0.3, 0.4) is 0 Å². The number of nitrogens with zero attached hydrogens (tertiary/aromatic N) is 1. The van der Waals surface area contributed by atoms with Crippen molar-refractivity contribution >= 4 is 112 Å². The summed E-state index contributed by atoms with van der Waals surface area (Å²) >= 11 is 12.5. The Morgan fingerprint density at radius 3 is 1.73 bits per heavy atom. The lowest BCUT2D eigenvalue weighted by Crippen LogP contribution is -2.64. The number of cyclic esters (lactones) is 1. The van der Waals surface area contributed by atoms with Crippen LogP contribution in [-0.4, -0.2) is 191 Å². The SMILES string of the molecule is C/C=C1\NC(=O)[C@H](Cc2ccc(Cl)c(Cl)c2)NC(=O)[C@@H](C(C)C)NC(=O)[C@@H]([C@@H](C)CC)NC(=O)[C@H](NC(=O)[C@H](NC(=O)[C@H](CCCN)NC(=O)[C@H]2CCCN2C(=O)[C@H](NC(=O)[C@@H](NC(=O)[C@@H](NC(=O)[C@H](NC(=O)/C=C/c2ccc(C(F)(F)F)cc2)C(C)C)[C@@H](C)O)C(C)C)C(C)C)[C@@H](C)CC)[C@@H](C)OC(=O)[C@H](C(C)C)NC1=O. The Hall–Kier alpha value is -9.21. The zero-order valence-corrected chi connectivity index (χ0v) is 68.8. The van der Waals surface area contributed by atoms with Crippen LogP contribution in [0.4, 0.5) is 13.2 Å². The molecule has 0 spiro atoms. The van der Waals surface area contributed by atoms with Crippen molar-refractivity contribution in [2.45, 2.75) is 254 Å². The van der Waals surface area contributed by atoms with Gasteiger partial charge in [0.25, 0.3) is 5.91 Å². The largest absolute Gasteiger partial charge is 0.458 e. The van der Waals surface area contributed by atoms with Gasteiger partial charge in [-0.1, -0.05) is 157 Å². The van der Waals surface area contributed by atoms with Crippen LogP contribution in [0.25, 0.3) is 6.08 Å². The van der Waals surface area contributed by atoms with Crippen molar-refractivity contribution < 1.29 is 90.1 Å². The average molecular weight is 1630 g/mol. The maximum Gasteiger partial charge on any atom is 0.416 e. The van der Waals surface area contributed by atoms with Gasteiger partial charge in [-0.3, -0.25) is 62.3 Å². The molecule has 2 aliphatic heterocycles. The van der Waals surface area contributed by atoms with Gasteiger partial charge in [0, 0.05) is 19.0 Å². The summed E-state index contributed by atoms with van der Waals surface area (Å²) in [6.07, 6.45) is -3.53. The van der Waals surface area contributed by atoms with Crippen molar-refractivity contribution in [3.05, 3.63) is 87.0 Å². The third-order valence-electron chi connectivity index (χ3n) is 19.9. The quantitative estimate of drug-likeness (QED) is 0.0374. The van der Waals surface area contributed by atoms with E-state index in [0.29, 0.717) is 12.0 Å². The van der Waals surface area contributed by atoms with E-state index in [1.165, 1.54) is 50.0 Å². The highest BCUT2D eigenvalue weighted by Crippen LogP contribution is 2.30. The zero-order valence-electron chi connectivity index (χ0n) is 67.2. The van der Waals surface area contributed by atoms with Crippen LogP contribution in [0.2, 0.25) is 10.0 Å². The minimum Gasteiger partial charge on any atom is -0.458 e. The Balaban J connectivity index is 1.62. The molecule has 0 saturated carbocycles. The summed E-state index contributed by atoms with van der Waals surface area (Å²) < 4.78 is 45.3. The minimum atomic E-state index is -4.58. The molecular weight excluding hydrogens is 1520 g/mol. The van der Waals surface area contributed by atoms with Gasteiger partial charge in [-0.05, 0) is 136 Å². The molecule has 35 heteroatoms. The third-order valence-corrected chi connectivity index (χ3v) is 20.6. The Kier molecular flexibility index (Phi) is 37.8. The molecule has 0 radical (unpaired) electrons. The summed E-state index contributed by atoms with van der Waals surface area (Å²) in [5, 5.41) is 42.8. The highest BCUT2D eigenvalue weighted by Gasteiger charge is 2.45. The minimum absolute atomic E-state index is 0.0210. The molecule has 0 aliphatic carbocycles. The first-order valence-corrected chi connectivity index (χ1v) is 39.1. The number of halogens is 5. The summed E-state index contributed by atoms with van der Waals surface area (Å²) in [5.41, 5.74) is 5.42. The molecule has 16 atom stereocenters. The number of allylic oxidation sites excluding steroid dienone is 1. The molecular formula is C78H115Cl2F3N14O16. The van der Waals surface area contributed by atoms with Crippen LogP contribution in [0.1, 0.15) is 173 Å². The van der Waals surface area contributed by atoms with E-state index in [4.69, 9.17) is 33.7 Å². The van der Waals surface area contributed by atoms with Crippen molar-refractivity contribution in [2.24, 2.45) is 47.2 Å². The van der Waals surface area contributed by atoms with Crippen LogP contribution >= 0.6 is 23.2 Å². The average Bonchev–Trinajstić information content (AvgIpc) is 1.66. The van der Waals surface area contributed by atoms with Gasteiger partial charge >= 0.3 is 12.1 Å². The number of alkyl halides is 3. The smallest absolute Gasteiger partial charge is 0.416 e. The Morgan fingerprint density at radius 1 is 0.646 bits per heavy atom. The summed E-state index contributed by atoms with van der Waals surface area (Å²) in [6, 6.07) is -8.93. The van der Waals surface area contributed by atoms with Crippen LogP contribution in [0.5, 0.6) is 0 Å². The predicted octanol–water partition coefficient (Wildman–Crippen LogP) is 4.05. The van der Waals surface area contributed by atoms with Crippen molar-refractivity contribution in [3.63, 3.8) is 0 Å². The number of aliphatic hydroxyl groups is 1. The molecule has 2 aliphatic rings. The molecule has 30 nitrogen and oxygen atoms in total. The fourth-order valence-corrected chi connectivity index (χ4v) is 12.7. The summed E-state index contributed by atoms with van der Waals surface area (Å²) in [7, 11) is 0. The van der Waals surface area contributed by atoms with Crippen LogP contribution in [0, 0.1) is 41.4 Å². The number of hydrogen-bond acceptors (Lipinski definition) is 17. The lowest BCUT2D eigenvalue weighted by Gasteiger charge is -2.33. The van der Waals surface area contributed by atoms with Crippen LogP contribution < -0.4 is 69.5 Å². The second-order valence-electron chi connectivity index (χ2n) is 30.6. The second kappa shape index (κ2) is 44.5. The van der Waals surface area contributed by atoms with E-state index in [2.05, 4.69) is 63.8 Å². The molecule has 2 saturated heterocycles. The van der Waals surface area contributed by atoms with Crippen LogP contribution in [-0.2, 0) is 84.5 Å². The maximum absolute atomic E-state index is 15.1. The number of amides is 13. The number of aliphatic hydroxyl groups excluding tert-OH is 1. The van der Waals surface area contributed by atoms with Gasteiger partial charge < -0.3 is 84.3 Å². The van der Waals surface area contributed by atoms with E-state index >= 15 is 9.59 Å². The number of rotatable bonds is 31. The van der Waals surface area contributed by atoms with Crippen molar-refractivity contribution in [1.29, 1.82) is 0 Å². The summed E-state index contributed by atoms with van der Waals surface area (Å²) in [6.45, 7) is 26.7. The normalized spacial score (nSPS) is 22.0. The first-order chi connectivity index (χ1) is 52.8. The topological polar surface area (TPSA) is 442 Å². The van der Waals surface area contributed by atoms with E-state index in [0.717, 1.165) is 30.3 Å². The molecule has 0 bridgehead atoms. The van der Waals surface area contributed by atoms with Gasteiger partial charge in [0.1, 0.15) is 84.3 Å². The number of ether oxygens (including phenoxy) is 1. The van der Waals surface area contributed by atoms with Gasteiger partial charge in [0.05, 0.1) is 21.7 Å². The van der Waals surface area contributed by atoms with Gasteiger partial charge in [0.15, 0.2) is 0 Å². The molecule has 2 aromatic carbocycles. The predicted molar refractivity (Wildman–Crippen MR) is 417 cm³/mol. The maximum atomic E-state index is 15.1. The van der Waals surface area contributed by atoms with E-state index in [-0.39, 0.29) is 72.9 Å².